The molecular formula is C11H24N4O3S. The van der Waals surface area contributed by atoms with Gasteiger partial charge >= 0.3 is 0 Å². The molecule has 0 aromatic carbocycles. The van der Waals surface area contributed by atoms with E-state index in [0.29, 0.717) is 26.2 Å². The van der Waals surface area contributed by atoms with Gasteiger partial charge in [0, 0.05) is 33.3 Å². The largest absolute Gasteiger partial charge is 0.386 e. The molecule has 1 atom stereocenters. The van der Waals surface area contributed by atoms with Crippen LogP contribution in [0.25, 0.3) is 0 Å². The fourth-order valence-corrected chi connectivity index (χ4v) is 3.64. The Morgan fingerprint density at radius 2 is 1.95 bits per heavy atom. The number of ether oxygens (including phenoxy) is 1. The van der Waals surface area contributed by atoms with Crippen molar-refractivity contribution >= 4 is 15.9 Å². The number of hydrogen-bond acceptors (Lipinski definition) is 5. The first-order valence-corrected chi connectivity index (χ1v) is 8.08. The van der Waals surface area contributed by atoms with Crippen molar-refractivity contribution in [1.29, 1.82) is 5.41 Å². The van der Waals surface area contributed by atoms with Crippen LogP contribution in [0.1, 0.15) is 13.3 Å². The maximum Gasteiger partial charge on any atom is 0.216 e. The number of hydrogen-bond donors (Lipinski definition) is 2. The number of nitrogens with zero attached hydrogens (tertiary/aromatic N) is 2. The summed E-state index contributed by atoms with van der Waals surface area (Å²) in [5.41, 5.74) is 5.56. The third-order valence-electron chi connectivity index (χ3n) is 3.40. The third kappa shape index (κ3) is 4.41. The average molecular weight is 292 g/mol. The molecule has 1 rings (SSSR count). The number of nitrogens with two attached hydrogens (primary N) is 1. The van der Waals surface area contributed by atoms with Gasteiger partial charge in [-0.1, -0.05) is 6.92 Å². The molecule has 1 unspecified atom stereocenters. The topological polar surface area (TPSA) is 99.7 Å². The Morgan fingerprint density at radius 1 is 1.37 bits per heavy atom. The standard InChI is InChI=1S/C11H24N4O3S/c1-3-10(11(12)13)14-4-6-15(7-5-14)19(16,17)9-8-18-2/h10H,3-9H2,1-2H3,(H3,12,13). The molecule has 3 N–H and O–H groups in total. The maximum atomic E-state index is 12.0. The van der Waals surface area contributed by atoms with Crippen LogP contribution < -0.4 is 5.73 Å². The highest BCUT2D eigenvalue weighted by Crippen LogP contribution is 2.12. The SMILES string of the molecule is CCC(C(=N)N)N1CCN(S(=O)(=O)CCOC)CC1. The summed E-state index contributed by atoms with van der Waals surface area (Å²) >= 11 is 0. The van der Waals surface area contributed by atoms with Gasteiger partial charge in [-0.15, -0.1) is 0 Å². The molecular weight excluding hydrogens is 268 g/mol. The average Bonchev–Trinajstić information content (AvgIpc) is 2.37. The van der Waals surface area contributed by atoms with E-state index in [-0.39, 0.29) is 24.2 Å². The smallest absolute Gasteiger partial charge is 0.216 e. The van der Waals surface area contributed by atoms with Gasteiger partial charge < -0.3 is 10.5 Å². The zero-order chi connectivity index (χ0) is 14.5. The van der Waals surface area contributed by atoms with Gasteiger partial charge in [0.25, 0.3) is 0 Å². The predicted molar refractivity (Wildman–Crippen MR) is 74.8 cm³/mol. The number of sulfonamides is 1. The van der Waals surface area contributed by atoms with Gasteiger partial charge in [-0.05, 0) is 6.42 Å². The van der Waals surface area contributed by atoms with E-state index in [1.807, 2.05) is 6.92 Å². The Bertz CT molecular complexity index is 391. The van der Waals surface area contributed by atoms with Gasteiger partial charge in [0.2, 0.25) is 10.0 Å². The van der Waals surface area contributed by atoms with Crippen molar-refractivity contribution in [3.8, 4) is 0 Å². The van der Waals surface area contributed by atoms with Gasteiger partial charge in [-0.2, -0.15) is 4.31 Å². The molecule has 8 heteroatoms. The van der Waals surface area contributed by atoms with E-state index in [2.05, 4.69) is 4.90 Å². The van der Waals surface area contributed by atoms with Crippen molar-refractivity contribution in [3.63, 3.8) is 0 Å². The molecule has 0 aromatic heterocycles. The second-order valence-electron chi connectivity index (χ2n) is 4.62. The van der Waals surface area contributed by atoms with E-state index in [1.54, 1.807) is 0 Å². The van der Waals surface area contributed by atoms with Gasteiger partial charge in [0.15, 0.2) is 0 Å². The molecule has 1 aliphatic rings. The second kappa shape index (κ2) is 7.18. The molecule has 1 saturated heterocycles. The van der Waals surface area contributed by atoms with Crippen LogP contribution in [0.2, 0.25) is 0 Å². The monoisotopic (exact) mass is 292 g/mol. The maximum absolute atomic E-state index is 12.0. The lowest BCUT2D eigenvalue weighted by Gasteiger charge is -2.37. The summed E-state index contributed by atoms with van der Waals surface area (Å²) < 4.78 is 30.3. The molecule has 1 heterocycles. The Labute approximate surface area is 115 Å². The minimum atomic E-state index is -3.22. The van der Waals surface area contributed by atoms with Crippen molar-refractivity contribution in [2.24, 2.45) is 5.73 Å². The summed E-state index contributed by atoms with van der Waals surface area (Å²) in [6, 6.07) is -0.0798. The summed E-state index contributed by atoms with van der Waals surface area (Å²) in [7, 11) is -1.73. The van der Waals surface area contributed by atoms with Crippen LogP contribution in [-0.4, -0.2) is 75.1 Å². The van der Waals surface area contributed by atoms with E-state index in [1.165, 1.54) is 11.4 Å². The highest BCUT2D eigenvalue weighted by atomic mass is 32.2. The van der Waals surface area contributed by atoms with Gasteiger partial charge in [-0.3, -0.25) is 10.3 Å². The van der Waals surface area contributed by atoms with Crippen LogP contribution >= 0.6 is 0 Å². The Hall–Kier alpha value is -0.700. The zero-order valence-electron chi connectivity index (χ0n) is 11.6. The molecule has 0 saturated carbocycles. The molecule has 7 nitrogen and oxygen atoms in total. The molecule has 1 aliphatic heterocycles. The quantitative estimate of drug-likeness (QED) is 0.477. The number of nitrogens with one attached hydrogen (secondary N) is 1. The zero-order valence-corrected chi connectivity index (χ0v) is 12.4. The van der Waals surface area contributed by atoms with E-state index in [0.717, 1.165) is 6.42 Å². The third-order valence-corrected chi connectivity index (χ3v) is 5.23. The summed E-state index contributed by atoms with van der Waals surface area (Å²) in [6.07, 6.45) is 0.770. The first-order valence-electron chi connectivity index (χ1n) is 6.47. The fourth-order valence-electron chi connectivity index (χ4n) is 2.29. The summed E-state index contributed by atoms with van der Waals surface area (Å²) in [6.45, 7) is 4.33. The molecule has 0 bridgehead atoms. The molecule has 0 spiro atoms. The fraction of sp³-hybridized carbons (Fsp3) is 0.909. The summed E-state index contributed by atoms with van der Waals surface area (Å²) in [5, 5.41) is 7.54. The van der Waals surface area contributed by atoms with Gasteiger partial charge in [0.1, 0.15) is 5.84 Å². The molecule has 0 aromatic rings. The molecule has 0 amide bonds. The number of amidine groups is 1. The van der Waals surface area contributed by atoms with E-state index >= 15 is 0 Å². The van der Waals surface area contributed by atoms with Gasteiger partial charge in [-0.25, -0.2) is 8.42 Å². The predicted octanol–water partition coefficient (Wildman–Crippen LogP) is -0.705. The first kappa shape index (κ1) is 16.4. The van der Waals surface area contributed by atoms with Crippen molar-refractivity contribution in [1.82, 2.24) is 9.21 Å². The van der Waals surface area contributed by atoms with Crippen molar-refractivity contribution in [2.45, 2.75) is 19.4 Å². The van der Waals surface area contributed by atoms with Crippen molar-refractivity contribution in [3.05, 3.63) is 0 Å². The highest BCUT2D eigenvalue weighted by molar-refractivity contribution is 7.89. The lowest BCUT2D eigenvalue weighted by molar-refractivity contribution is 0.162. The lowest BCUT2D eigenvalue weighted by atomic mass is 10.1. The number of methoxy groups -OCH3 is 1. The Balaban J connectivity index is 2.55. The van der Waals surface area contributed by atoms with Crippen LogP contribution in [0.3, 0.4) is 0 Å². The van der Waals surface area contributed by atoms with Crippen LogP contribution in [-0.2, 0) is 14.8 Å². The van der Waals surface area contributed by atoms with Crippen LogP contribution in [0, 0.1) is 5.41 Å². The van der Waals surface area contributed by atoms with Crippen LogP contribution in [0.5, 0.6) is 0 Å². The molecule has 19 heavy (non-hydrogen) atoms. The number of rotatable bonds is 7. The molecule has 1 fully saturated rings. The van der Waals surface area contributed by atoms with E-state index in [4.69, 9.17) is 15.9 Å². The lowest BCUT2D eigenvalue weighted by Crippen LogP contribution is -2.55. The first-order chi connectivity index (χ1) is 8.92. The number of piperazine rings is 1. The second-order valence-corrected chi connectivity index (χ2v) is 6.71. The normalized spacial score (nSPS) is 20.3. The Kier molecular flexibility index (Phi) is 6.18. The minimum absolute atomic E-state index is 0.0212. The highest BCUT2D eigenvalue weighted by Gasteiger charge is 2.29. The minimum Gasteiger partial charge on any atom is -0.386 e. The molecule has 0 aliphatic carbocycles. The van der Waals surface area contributed by atoms with Crippen molar-refractivity contribution in [2.75, 3.05) is 45.6 Å². The molecule has 0 radical (unpaired) electrons. The van der Waals surface area contributed by atoms with E-state index < -0.39 is 10.0 Å². The Morgan fingerprint density at radius 3 is 2.37 bits per heavy atom. The summed E-state index contributed by atoms with van der Waals surface area (Å²) in [4.78, 5) is 2.07. The molecule has 112 valence electrons. The van der Waals surface area contributed by atoms with Gasteiger partial charge in [0.05, 0.1) is 18.4 Å². The van der Waals surface area contributed by atoms with Crippen LogP contribution in [0.4, 0.5) is 0 Å². The van der Waals surface area contributed by atoms with Crippen molar-refractivity contribution < 1.29 is 13.2 Å². The van der Waals surface area contributed by atoms with E-state index in [9.17, 15) is 8.42 Å². The summed E-state index contributed by atoms with van der Waals surface area (Å²) in [5.74, 6) is 0.172. The van der Waals surface area contributed by atoms with Crippen LogP contribution in [0.15, 0.2) is 0 Å².